The molecule has 2 atom stereocenters. The molecule has 0 saturated carbocycles. The van der Waals surface area contributed by atoms with E-state index in [0.29, 0.717) is 36.6 Å². The highest BCUT2D eigenvalue weighted by molar-refractivity contribution is 5.81. The number of carbonyl (C=O) groups is 1. The highest BCUT2D eigenvalue weighted by Crippen LogP contribution is 2.40. The predicted octanol–water partition coefficient (Wildman–Crippen LogP) is 8.61. The maximum Gasteiger partial charge on any atom is 0.339 e. The second-order valence-corrected chi connectivity index (χ2v) is 14.4. The number of ether oxygens (including phenoxy) is 4. The molecule has 0 aliphatic carbocycles. The van der Waals surface area contributed by atoms with Gasteiger partial charge >= 0.3 is 5.97 Å². The van der Waals surface area contributed by atoms with Crippen LogP contribution in [0.5, 0.6) is 5.75 Å². The van der Waals surface area contributed by atoms with E-state index in [9.17, 15) is 4.79 Å². The summed E-state index contributed by atoms with van der Waals surface area (Å²) in [7, 11) is 1.38. The molecule has 1 aliphatic rings. The molecule has 2 aromatic heterocycles. The minimum absolute atomic E-state index is 0.00566. The molecule has 3 heterocycles. The first-order valence-electron chi connectivity index (χ1n) is 17.4. The second-order valence-electron chi connectivity index (χ2n) is 14.4. The van der Waals surface area contributed by atoms with Gasteiger partial charge in [-0.3, -0.25) is 0 Å². The Morgan fingerprint density at radius 1 is 1.04 bits per heavy atom. The lowest BCUT2D eigenvalue weighted by molar-refractivity contribution is -0.164. The quantitative estimate of drug-likeness (QED) is 0.103. The molecule has 9 heteroatoms. The predicted molar refractivity (Wildman–Crippen MR) is 200 cm³/mol. The number of fused-ring (bicyclic) bond motifs is 1. The third-order valence-electron chi connectivity index (χ3n) is 9.13. The number of rotatable bonds is 13. The molecular weight excluding hydrogens is 628 g/mol. The minimum Gasteiger partial charge on any atom is -0.490 e. The lowest BCUT2D eigenvalue weighted by Crippen LogP contribution is -2.45. The smallest absolute Gasteiger partial charge is 0.339 e. The third kappa shape index (κ3) is 8.11. The second kappa shape index (κ2) is 15.2. The number of nitrogens with zero attached hydrogens (tertiary/aromatic N) is 4. The highest BCUT2D eigenvalue weighted by Gasteiger charge is 2.38. The Labute approximate surface area is 296 Å². The van der Waals surface area contributed by atoms with Gasteiger partial charge in [0.1, 0.15) is 11.6 Å². The summed E-state index contributed by atoms with van der Waals surface area (Å²) in [6.45, 7) is 23.6. The Bertz CT molecular complexity index is 1850. The number of anilines is 1. The molecule has 4 aromatic rings. The van der Waals surface area contributed by atoms with Gasteiger partial charge in [-0.2, -0.15) is 9.61 Å². The first-order chi connectivity index (χ1) is 23.8. The first-order valence-corrected chi connectivity index (χ1v) is 17.4. The van der Waals surface area contributed by atoms with Gasteiger partial charge in [-0.05, 0) is 84.6 Å². The standard InChI is InChI=1S/C41H52N4O5/c1-11-15-28(4)49-33-19-13-16-27(3)35(33)31-18-14-17-30(25-31)32-26-34-42-29(5)36(37(39(46)47-10)50-40(6,7)8)38(45(34)43-32)44-22-20-41(9,21-23-44)48-24-12-2/h11-14,16-19,25-26,28,37H,1-2,15,20-24H2,3-10H3. The van der Waals surface area contributed by atoms with Gasteiger partial charge < -0.3 is 23.8 Å². The fraction of sp³-hybridized carbons (Fsp3) is 0.439. The van der Waals surface area contributed by atoms with Crippen molar-refractivity contribution in [3.8, 4) is 28.1 Å². The highest BCUT2D eigenvalue weighted by atomic mass is 16.6. The normalized spacial score (nSPS) is 15.8. The van der Waals surface area contributed by atoms with Crippen LogP contribution in [0.2, 0.25) is 0 Å². The zero-order valence-corrected chi connectivity index (χ0v) is 30.9. The molecule has 266 valence electrons. The third-order valence-corrected chi connectivity index (χ3v) is 9.13. The van der Waals surface area contributed by atoms with Crippen molar-refractivity contribution in [2.24, 2.45) is 0 Å². The van der Waals surface area contributed by atoms with Crippen LogP contribution >= 0.6 is 0 Å². The summed E-state index contributed by atoms with van der Waals surface area (Å²) < 4.78 is 26.1. The van der Waals surface area contributed by atoms with Crippen LogP contribution in [0.3, 0.4) is 0 Å². The summed E-state index contributed by atoms with van der Waals surface area (Å²) in [5.74, 6) is 1.11. The maximum absolute atomic E-state index is 13.4. The molecule has 1 aliphatic heterocycles. The van der Waals surface area contributed by atoms with E-state index >= 15 is 0 Å². The van der Waals surface area contributed by atoms with E-state index in [1.165, 1.54) is 7.11 Å². The summed E-state index contributed by atoms with van der Waals surface area (Å²) in [5.41, 5.74) is 5.97. The lowest BCUT2D eigenvalue weighted by Gasteiger charge is -2.41. The summed E-state index contributed by atoms with van der Waals surface area (Å²) in [5, 5.41) is 5.18. The SMILES string of the molecule is C=CCOC1(C)CCN(c2c(C(OC(C)(C)C)C(=O)OC)c(C)nc3cc(-c4cccc(-c5c(C)cccc5OC(C)CC=C)c4)nn23)CC1. The number of aryl methyl sites for hydroxylation is 2. The Hall–Kier alpha value is -4.47. The lowest BCUT2D eigenvalue weighted by atomic mass is 9.92. The average Bonchev–Trinajstić information content (AvgIpc) is 3.49. The topological polar surface area (TPSA) is 87.4 Å². The zero-order chi connectivity index (χ0) is 36.2. The molecule has 50 heavy (non-hydrogen) atoms. The molecule has 0 radical (unpaired) electrons. The number of piperidine rings is 1. The Kier molecular flexibility index (Phi) is 11.2. The van der Waals surface area contributed by atoms with Crippen LogP contribution in [0, 0.1) is 13.8 Å². The number of esters is 1. The molecule has 9 nitrogen and oxygen atoms in total. The van der Waals surface area contributed by atoms with Crippen LogP contribution < -0.4 is 9.64 Å². The number of hydrogen-bond acceptors (Lipinski definition) is 8. The van der Waals surface area contributed by atoms with Gasteiger partial charge in [-0.25, -0.2) is 9.78 Å². The Balaban J connectivity index is 1.65. The van der Waals surface area contributed by atoms with Crippen molar-refractivity contribution in [2.75, 3.05) is 31.7 Å². The number of methoxy groups -OCH3 is 1. The van der Waals surface area contributed by atoms with Gasteiger partial charge in [-0.15, -0.1) is 13.2 Å². The summed E-state index contributed by atoms with van der Waals surface area (Å²) >= 11 is 0. The molecule has 0 amide bonds. The van der Waals surface area contributed by atoms with E-state index in [-0.39, 0.29) is 11.7 Å². The van der Waals surface area contributed by atoms with Crippen molar-refractivity contribution in [1.82, 2.24) is 14.6 Å². The van der Waals surface area contributed by atoms with Crippen LogP contribution in [0.25, 0.3) is 28.0 Å². The molecule has 0 N–H and O–H groups in total. The average molecular weight is 681 g/mol. The minimum atomic E-state index is -1.00. The van der Waals surface area contributed by atoms with E-state index < -0.39 is 17.7 Å². The van der Waals surface area contributed by atoms with Gasteiger partial charge in [0.15, 0.2) is 11.8 Å². The fourth-order valence-corrected chi connectivity index (χ4v) is 6.59. The number of carbonyl (C=O) groups excluding carboxylic acids is 1. The number of hydrogen-bond donors (Lipinski definition) is 0. The van der Waals surface area contributed by atoms with Gasteiger partial charge in [0.2, 0.25) is 0 Å². The molecular formula is C41H52N4O5. The first kappa shape index (κ1) is 36.8. The van der Waals surface area contributed by atoms with E-state index in [4.69, 9.17) is 29.0 Å². The van der Waals surface area contributed by atoms with Crippen molar-refractivity contribution in [3.05, 3.63) is 90.7 Å². The van der Waals surface area contributed by atoms with Crippen molar-refractivity contribution >= 4 is 17.4 Å². The Morgan fingerprint density at radius 2 is 1.74 bits per heavy atom. The van der Waals surface area contributed by atoms with Crippen molar-refractivity contribution in [1.29, 1.82) is 0 Å². The number of aromatic nitrogens is 3. The van der Waals surface area contributed by atoms with Crippen LogP contribution in [-0.2, 0) is 19.0 Å². The van der Waals surface area contributed by atoms with E-state index in [1.807, 2.05) is 62.6 Å². The Morgan fingerprint density at radius 3 is 2.40 bits per heavy atom. The van der Waals surface area contributed by atoms with Gasteiger partial charge in [-0.1, -0.05) is 42.5 Å². The van der Waals surface area contributed by atoms with Crippen LogP contribution in [-0.4, -0.2) is 64.7 Å². The van der Waals surface area contributed by atoms with Gasteiger partial charge in [0.05, 0.1) is 42.3 Å². The number of benzene rings is 2. The summed E-state index contributed by atoms with van der Waals surface area (Å²) in [4.78, 5) is 20.7. The van der Waals surface area contributed by atoms with Crippen molar-refractivity contribution < 1.29 is 23.7 Å². The van der Waals surface area contributed by atoms with Crippen LogP contribution in [0.4, 0.5) is 5.82 Å². The van der Waals surface area contributed by atoms with Crippen molar-refractivity contribution in [2.45, 2.75) is 91.1 Å². The zero-order valence-electron chi connectivity index (χ0n) is 30.9. The van der Waals surface area contributed by atoms with Crippen molar-refractivity contribution in [3.63, 3.8) is 0 Å². The van der Waals surface area contributed by atoms with E-state index in [1.54, 1.807) is 6.08 Å². The van der Waals surface area contributed by atoms with Gasteiger partial charge in [0.25, 0.3) is 0 Å². The monoisotopic (exact) mass is 680 g/mol. The molecule has 2 aromatic carbocycles. The summed E-state index contributed by atoms with van der Waals surface area (Å²) in [6.07, 6.45) is 4.98. The summed E-state index contributed by atoms with van der Waals surface area (Å²) in [6, 6.07) is 16.5. The molecule has 0 bridgehead atoms. The van der Waals surface area contributed by atoms with Crippen LogP contribution in [0.15, 0.2) is 73.8 Å². The molecule has 2 unspecified atom stereocenters. The maximum atomic E-state index is 13.4. The van der Waals surface area contributed by atoms with Gasteiger partial charge in [0, 0.05) is 42.4 Å². The molecule has 5 rings (SSSR count). The molecule has 1 fully saturated rings. The largest absolute Gasteiger partial charge is 0.490 e. The van der Waals surface area contributed by atoms with E-state index in [0.717, 1.165) is 58.8 Å². The van der Waals surface area contributed by atoms with Crippen LogP contribution in [0.1, 0.15) is 76.8 Å². The molecule has 0 spiro atoms. The molecule has 1 saturated heterocycles. The fourth-order valence-electron chi connectivity index (χ4n) is 6.59. The van der Waals surface area contributed by atoms with E-state index in [2.05, 4.69) is 63.1 Å².